The number of nitrogens with two attached hydrogens (primary N) is 1. The second-order valence-corrected chi connectivity index (χ2v) is 9.14. The van der Waals surface area contributed by atoms with Crippen molar-refractivity contribution in [3.63, 3.8) is 0 Å². The number of amides is 2. The second kappa shape index (κ2) is 9.57. The highest BCUT2D eigenvalue weighted by molar-refractivity contribution is 6.01. The third-order valence-corrected chi connectivity index (χ3v) is 6.61. The summed E-state index contributed by atoms with van der Waals surface area (Å²) in [4.78, 5) is 28.6. The summed E-state index contributed by atoms with van der Waals surface area (Å²) in [6, 6.07) is 11.5. The minimum Gasteiger partial charge on any atom is -0.496 e. The van der Waals surface area contributed by atoms with Gasteiger partial charge in [-0.2, -0.15) is 13.2 Å². The SMILES string of the molecule is CCC(=O)Nc1ccc(-c2nn3ncnc(N)c3c2-c2ccc(C(=O)NC3(C(F)(F)F)CC3)c(OC)c2)cc1. The van der Waals surface area contributed by atoms with Crippen LogP contribution in [0.15, 0.2) is 48.8 Å². The van der Waals surface area contributed by atoms with Crippen LogP contribution in [0.25, 0.3) is 27.9 Å². The van der Waals surface area contributed by atoms with Crippen LogP contribution in [0.1, 0.15) is 36.5 Å². The molecule has 0 atom stereocenters. The average molecular weight is 540 g/mol. The number of hydrogen-bond acceptors (Lipinski definition) is 7. The first-order chi connectivity index (χ1) is 18.6. The van der Waals surface area contributed by atoms with Crippen molar-refractivity contribution in [3.8, 4) is 28.1 Å². The number of halogens is 3. The van der Waals surface area contributed by atoms with Gasteiger partial charge in [-0.05, 0) is 42.7 Å². The van der Waals surface area contributed by atoms with Crippen molar-refractivity contribution in [2.45, 2.75) is 37.9 Å². The molecule has 4 N–H and O–H groups in total. The molecule has 0 saturated heterocycles. The number of methoxy groups -OCH3 is 1. The lowest BCUT2D eigenvalue weighted by Crippen LogP contribution is -2.47. The number of hydrogen-bond donors (Lipinski definition) is 3. The molecular weight excluding hydrogens is 515 g/mol. The zero-order valence-corrected chi connectivity index (χ0v) is 21.0. The molecule has 4 aromatic rings. The van der Waals surface area contributed by atoms with E-state index < -0.39 is 17.6 Å². The standard InChI is InChI=1S/C26H24F3N7O3/c1-3-19(37)33-16-7-4-14(5-8-16)21-20(22-23(30)31-13-32-36(22)35-21)15-6-9-17(18(12-15)39-2)24(38)34-25(10-11-25)26(27,28)29/h4-9,12-13H,3,10-11H2,1-2H3,(H,33,37)(H,34,38)(H2,30,31,32). The summed E-state index contributed by atoms with van der Waals surface area (Å²) in [5.41, 5.74) is 7.13. The summed E-state index contributed by atoms with van der Waals surface area (Å²) in [5.74, 6) is -0.798. The molecule has 0 radical (unpaired) electrons. The van der Waals surface area contributed by atoms with Crippen LogP contribution in [0.3, 0.4) is 0 Å². The van der Waals surface area contributed by atoms with E-state index in [0.29, 0.717) is 40.0 Å². The number of aromatic nitrogens is 4. The van der Waals surface area contributed by atoms with Crippen molar-refractivity contribution in [3.05, 3.63) is 54.4 Å². The highest BCUT2D eigenvalue weighted by Gasteiger charge is 2.64. The Morgan fingerprint density at radius 1 is 1.13 bits per heavy atom. The van der Waals surface area contributed by atoms with E-state index in [-0.39, 0.29) is 35.9 Å². The van der Waals surface area contributed by atoms with Gasteiger partial charge in [-0.3, -0.25) is 9.59 Å². The maximum atomic E-state index is 13.4. The first-order valence-corrected chi connectivity index (χ1v) is 12.0. The van der Waals surface area contributed by atoms with E-state index in [4.69, 9.17) is 10.5 Å². The van der Waals surface area contributed by atoms with Gasteiger partial charge in [-0.15, -0.1) is 14.8 Å². The number of carbonyl (C=O) groups is 2. The molecule has 39 heavy (non-hydrogen) atoms. The highest BCUT2D eigenvalue weighted by Crippen LogP contribution is 2.49. The molecule has 13 heteroatoms. The minimum absolute atomic E-state index is 0.0463. The number of alkyl halides is 3. The summed E-state index contributed by atoms with van der Waals surface area (Å²) in [5, 5.41) is 13.6. The summed E-state index contributed by atoms with van der Waals surface area (Å²) in [6.45, 7) is 1.75. The number of ether oxygens (including phenoxy) is 1. The molecule has 2 heterocycles. The van der Waals surface area contributed by atoms with Crippen LogP contribution in [0, 0.1) is 0 Å². The largest absolute Gasteiger partial charge is 0.496 e. The van der Waals surface area contributed by atoms with Crippen LogP contribution in [0.2, 0.25) is 0 Å². The van der Waals surface area contributed by atoms with E-state index >= 15 is 0 Å². The van der Waals surface area contributed by atoms with Crippen molar-refractivity contribution in [1.82, 2.24) is 25.1 Å². The lowest BCUT2D eigenvalue weighted by molar-refractivity contribution is -0.163. The summed E-state index contributed by atoms with van der Waals surface area (Å²) in [7, 11) is 1.32. The van der Waals surface area contributed by atoms with Crippen LogP contribution in [-0.2, 0) is 4.79 Å². The van der Waals surface area contributed by atoms with E-state index in [1.165, 1.54) is 30.2 Å². The lowest BCUT2D eigenvalue weighted by Gasteiger charge is -2.21. The quantitative estimate of drug-likeness (QED) is 0.320. The molecule has 1 aliphatic carbocycles. The van der Waals surface area contributed by atoms with E-state index in [1.807, 2.05) is 0 Å². The first-order valence-electron chi connectivity index (χ1n) is 12.0. The maximum Gasteiger partial charge on any atom is 0.411 e. The van der Waals surface area contributed by atoms with Crippen molar-refractivity contribution < 1.29 is 27.5 Å². The van der Waals surface area contributed by atoms with Crippen LogP contribution < -0.4 is 21.1 Å². The van der Waals surface area contributed by atoms with Gasteiger partial charge in [0.2, 0.25) is 5.91 Å². The van der Waals surface area contributed by atoms with E-state index in [2.05, 4.69) is 25.8 Å². The molecule has 2 amide bonds. The molecule has 2 aromatic carbocycles. The van der Waals surface area contributed by atoms with Crippen LogP contribution in [-0.4, -0.2) is 50.5 Å². The molecule has 0 unspecified atom stereocenters. The topological polar surface area (TPSA) is 137 Å². The number of nitrogens with zero attached hydrogens (tertiary/aromatic N) is 4. The number of nitrogens with one attached hydrogen (secondary N) is 2. The fourth-order valence-corrected chi connectivity index (χ4v) is 4.28. The predicted octanol–water partition coefficient (Wildman–Crippen LogP) is 4.22. The highest BCUT2D eigenvalue weighted by atomic mass is 19.4. The Morgan fingerprint density at radius 2 is 1.82 bits per heavy atom. The number of fused-ring (bicyclic) bond motifs is 1. The zero-order valence-electron chi connectivity index (χ0n) is 21.0. The summed E-state index contributed by atoms with van der Waals surface area (Å²) >= 11 is 0. The van der Waals surface area contributed by atoms with Crippen molar-refractivity contribution in [2.24, 2.45) is 0 Å². The maximum absolute atomic E-state index is 13.4. The monoisotopic (exact) mass is 539 g/mol. The van der Waals surface area contributed by atoms with Crippen LogP contribution in [0.5, 0.6) is 5.75 Å². The third-order valence-electron chi connectivity index (χ3n) is 6.61. The van der Waals surface area contributed by atoms with Crippen molar-refractivity contribution in [2.75, 3.05) is 18.2 Å². The Balaban J connectivity index is 1.57. The van der Waals surface area contributed by atoms with E-state index in [0.717, 1.165) is 0 Å². The smallest absolute Gasteiger partial charge is 0.411 e. The number of nitrogen functional groups attached to an aromatic ring is 1. The van der Waals surface area contributed by atoms with Gasteiger partial charge in [0.25, 0.3) is 5.91 Å². The van der Waals surface area contributed by atoms with Gasteiger partial charge in [0, 0.05) is 23.2 Å². The van der Waals surface area contributed by atoms with Gasteiger partial charge < -0.3 is 21.1 Å². The first kappa shape index (κ1) is 25.9. The Labute approximate surface area is 220 Å². The molecule has 0 aliphatic heterocycles. The van der Waals surface area contributed by atoms with Gasteiger partial charge in [0.05, 0.1) is 12.7 Å². The lowest BCUT2D eigenvalue weighted by atomic mass is 9.97. The van der Waals surface area contributed by atoms with Crippen LogP contribution >= 0.6 is 0 Å². The summed E-state index contributed by atoms with van der Waals surface area (Å²) < 4.78 is 46.9. The number of rotatable bonds is 7. The average Bonchev–Trinajstić information content (AvgIpc) is 3.60. The Hall–Kier alpha value is -4.68. The van der Waals surface area contributed by atoms with Gasteiger partial charge in [0.15, 0.2) is 5.82 Å². The number of anilines is 2. The number of carbonyl (C=O) groups excluding carboxylic acids is 2. The Bertz CT molecular complexity index is 1580. The molecule has 1 fully saturated rings. The Morgan fingerprint density at radius 3 is 2.44 bits per heavy atom. The Kier molecular flexibility index (Phi) is 6.36. The molecule has 2 aromatic heterocycles. The van der Waals surface area contributed by atoms with Gasteiger partial charge in [-0.25, -0.2) is 4.98 Å². The molecule has 1 aliphatic rings. The second-order valence-electron chi connectivity index (χ2n) is 9.14. The molecular formula is C26H24F3N7O3. The van der Waals surface area contributed by atoms with E-state index in [9.17, 15) is 22.8 Å². The minimum atomic E-state index is -4.55. The molecule has 0 spiro atoms. The zero-order chi connectivity index (χ0) is 27.9. The van der Waals surface area contributed by atoms with Gasteiger partial charge >= 0.3 is 6.18 Å². The van der Waals surface area contributed by atoms with Gasteiger partial charge in [0.1, 0.15) is 28.8 Å². The molecule has 10 nitrogen and oxygen atoms in total. The van der Waals surface area contributed by atoms with Gasteiger partial charge in [-0.1, -0.05) is 25.1 Å². The fourth-order valence-electron chi connectivity index (χ4n) is 4.28. The molecule has 202 valence electrons. The normalized spacial score (nSPS) is 14.2. The number of benzene rings is 2. The molecule has 1 saturated carbocycles. The molecule has 0 bridgehead atoms. The predicted molar refractivity (Wildman–Crippen MR) is 137 cm³/mol. The third kappa shape index (κ3) is 4.71. The van der Waals surface area contributed by atoms with Crippen molar-refractivity contribution in [1.29, 1.82) is 0 Å². The van der Waals surface area contributed by atoms with Crippen molar-refractivity contribution >= 4 is 28.8 Å². The summed E-state index contributed by atoms with van der Waals surface area (Å²) in [6.07, 6.45) is -3.30. The van der Waals surface area contributed by atoms with E-state index in [1.54, 1.807) is 37.3 Å². The molecule has 5 rings (SSSR count). The fraction of sp³-hybridized carbons (Fsp3) is 0.269. The van der Waals surface area contributed by atoms with Crippen LogP contribution in [0.4, 0.5) is 24.7 Å².